The maximum absolute atomic E-state index is 11.9. The molecular weight excluding hydrogens is 324 g/mol. The fraction of sp³-hybridized carbons (Fsp3) is 0. The average molecular weight is 332 g/mol. The number of rotatable bonds is 2. The number of carbonyl (C=O) groups is 1. The minimum absolute atomic E-state index is 0.251. The largest absolute Gasteiger partial charge is 0.397 e. The number of halogens is 2. The highest BCUT2D eigenvalue weighted by Gasteiger charge is 2.13. The molecule has 2 rings (SSSR count). The van der Waals surface area contributed by atoms with Crippen LogP contribution in [-0.2, 0) is 0 Å². The Bertz CT molecular complexity index is 570. The number of anilines is 2. The van der Waals surface area contributed by atoms with Gasteiger partial charge in [0.05, 0.1) is 16.4 Å². The second-order valence-corrected chi connectivity index (χ2v) is 5.52. The van der Waals surface area contributed by atoms with E-state index in [-0.39, 0.29) is 5.91 Å². The van der Waals surface area contributed by atoms with E-state index in [9.17, 15) is 4.79 Å². The normalized spacial score (nSPS) is 10.2. The number of thiophene rings is 1. The molecule has 0 unspecified atom stereocenters. The fourth-order valence-corrected chi connectivity index (χ4v) is 2.70. The fourth-order valence-electron chi connectivity index (χ4n) is 1.28. The van der Waals surface area contributed by atoms with E-state index in [0.29, 0.717) is 21.3 Å². The molecule has 0 aliphatic heterocycles. The van der Waals surface area contributed by atoms with Gasteiger partial charge in [0.15, 0.2) is 0 Å². The lowest BCUT2D eigenvalue weighted by molar-refractivity contribution is 0.103. The first-order valence-electron chi connectivity index (χ1n) is 4.67. The molecule has 3 nitrogen and oxygen atoms in total. The van der Waals surface area contributed by atoms with Crippen molar-refractivity contribution in [2.45, 2.75) is 0 Å². The molecule has 1 aromatic carbocycles. The second-order valence-electron chi connectivity index (χ2n) is 3.28. The quantitative estimate of drug-likeness (QED) is 0.817. The van der Waals surface area contributed by atoms with E-state index in [1.807, 2.05) is 6.07 Å². The van der Waals surface area contributed by atoms with E-state index in [2.05, 4.69) is 21.2 Å². The Hall–Kier alpha value is -1.04. The molecule has 2 aromatic rings. The first kappa shape index (κ1) is 12.4. The Labute approximate surface area is 116 Å². The van der Waals surface area contributed by atoms with Crippen molar-refractivity contribution in [1.29, 1.82) is 0 Å². The smallest absolute Gasteiger partial charge is 0.267 e. The topological polar surface area (TPSA) is 55.1 Å². The summed E-state index contributed by atoms with van der Waals surface area (Å²) in [5, 5.41) is 4.94. The second kappa shape index (κ2) is 5.08. The number of hydrogen-bond acceptors (Lipinski definition) is 3. The summed E-state index contributed by atoms with van der Waals surface area (Å²) < 4.78 is 0.863. The molecular formula is C11H8BrClN2OS. The van der Waals surface area contributed by atoms with Gasteiger partial charge in [-0.15, -0.1) is 11.3 Å². The van der Waals surface area contributed by atoms with Gasteiger partial charge in [0.2, 0.25) is 0 Å². The van der Waals surface area contributed by atoms with Crippen LogP contribution in [0.5, 0.6) is 0 Å². The van der Waals surface area contributed by atoms with E-state index in [4.69, 9.17) is 17.3 Å². The summed E-state index contributed by atoms with van der Waals surface area (Å²) in [5.41, 5.74) is 6.86. The lowest BCUT2D eigenvalue weighted by atomic mass is 10.2. The Kier molecular flexibility index (Phi) is 3.71. The lowest BCUT2D eigenvalue weighted by Crippen LogP contribution is -2.12. The molecule has 1 aromatic heterocycles. The third-order valence-corrected chi connectivity index (χ3v) is 3.92. The standard InChI is InChI=1S/C11H8BrClN2OS/c12-6-1-2-9(8(14)5-6)15-11(16)10-7(13)3-4-17-10/h1-5H,14H2,(H,15,16). The van der Waals surface area contributed by atoms with Gasteiger partial charge in [-0.1, -0.05) is 27.5 Å². The van der Waals surface area contributed by atoms with Crippen molar-refractivity contribution in [2.24, 2.45) is 0 Å². The van der Waals surface area contributed by atoms with Crippen LogP contribution in [0.25, 0.3) is 0 Å². The van der Waals surface area contributed by atoms with Gasteiger partial charge >= 0.3 is 0 Å². The third-order valence-electron chi connectivity index (χ3n) is 2.09. The Morgan fingerprint density at radius 1 is 1.41 bits per heavy atom. The summed E-state index contributed by atoms with van der Waals surface area (Å²) in [6, 6.07) is 6.96. The predicted molar refractivity (Wildman–Crippen MR) is 75.8 cm³/mol. The molecule has 0 saturated carbocycles. The maximum Gasteiger partial charge on any atom is 0.267 e. The van der Waals surface area contributed by atoms with E-state index in [0.717, 1.165) is 4.47 Å². The SMILES string of the molecule is Nc1cc(Br)ccc1NC(=O)c1sccc1Cl. The summed E-state index contributed by atoms with van der Waals surface area (Å²) in [4.78, 5) is 12.4. The van der Waals surface area contributed by atoms with Gasteiger partial charge in [0, 0.05) is 4.47 Å². The van der Waals surface area contributed by atoms with Crippen LogP contribution in [0.3, 0.4) is 0 Å². The molecule has 0 bridgehead atoms. The summed E-state index contributed by atoms with van der Waals surface area (Å²) in [6.07, 6.45) is 0. The number of hydrogen-bond donors (Lipinski definition) is 2. The van der Waals surface area contributed by atoms with E-state index >= 15 is 0 Å². The number of nitrogen functional groups attached to an aromatic ring is 1. The van der Waals surface area contributed by atoms with Gasteiger partial charge in [-0.3, -0.25) is 4.79 Å². The highest BCUT2D eigenvalue weighted by molar-refractivity contribution is 9.10. The molecule has 6 heteroatoms. The molecule has 88 valence electrons. The van der Waals surface area contributed by atoms with Gasteiger partial charge in [0.25, 0.3) is 5.91 Å². The zero-order valence-corrected chi connectivity index (χ0v) is 11.7. The van der Waals surface area contributed by atoms with Crippen LogP contribution in [0.1, 0.15) is 9.67 Å². The van der Waals surface area contributed by atoms with E-state index < -0.39 is 0 Å². The molecule has 0 spiro atoms. The van der Waals surface area contributed by atoms with Crippen molar-refractivity contribution in [3.05, 3.63) is 44.0 Å². The van der Waals surface area contributed by atoms with Crippen LogP contribution in [0.4, 0.5) is 11.4 Å². The van der Waals surface area contributed by atoms with Crippen molar-refractivity contribution < 1.29 is 4.79 Å². The Balaban J connectivity index is 2.22. The summed E-state index contributed by atoms with van der Waals surface area (Å²) in [6.45, 7) is 0. The molecule has 0 aliphatic rings. The van der Waals surface area contributed by atoms with Crippen molar-refractivity contribution >= 4 is 56.1 Å². The number of nitrogens with two attached hydrogens (primary N) is 1. The van der Waals surface area contributed by atoms with Crippen molar-refractivity contribution in [3.8, 4) is 0 Å². The van der Waals surface area contributed by atoms with Gasteiger partial charge in [-0.05, 0) is 29.6 Å². The van der Waals surface area contributed by atoms with Crippen LogP contribution in [0, 0.1) is 0 Å². The van der Waals surface area contributed by atoms with Crippen LogP contribution >= 0.6 is 38.9 Å². The van der Waals surface area contributed by atoms with E-state index in [1.165, 1.54) is 11.3 Å². The van der Waals surface area contributed by atoms with Crippen LogP contribution in [-0.4, -0.2) is 5.91 Å². The number of carbonyl (C=O) groups excluding carboxylic acids is 1. The first-order valence-corrected chi connectivity index (χ1v) is 6.72. The van der Waals surface area contributed by atoms with Gasteiger partial charge < -0.3 is 11.1 Å². The van der Waals surface area contributed by atoms with Crippen molar-refractivity contribution in [2.75, 3.05) is 11.1 Å². The van der Waals surface area contributed by atoms with Crippen molar-refractivity contribution in [3.63, 3.8) is 0 Å². The molecule has 0 fully saturated rings. The van der Waals surface area contributed by atoms with Crippen LogP contribution in [0.15, 0.2) is 34.1 Å². The third kappa shape index (κ3) is 2.80. The zero-order valence-electron chi connectivity index (χ0n) is 8.54. The molecule has 3 N–H and O–H groups in total. The molecule has 0 radical (unpaired) electrons. The van der Waals surface area contributed by atoms with Crippen LogP contribution in [0.2, 0.25) is 5.02 Å². The molecule has 0 atom stereocenters. The predicted octanol–water partition coefficient (Wildman–Crippen LogP) is 4.00. The van der Waals surface area contributed by atoms with Gasteiger partial charge in [0.1, 0.15) is 4.88 Å². The van der Waals surface area contributed by atoms with E-state index in [1.54, 1.807) is 23.6 Å². The molecule has 17 heavy (non-hydrogen) atoms. The summed E-state index contributed by atoms with van der Waals surface area (Å²) in [5.74, 6) is -0.251. The van der Waals surface area contributed by atoms with Crippen LogP contribution < -0.4 is 11.1 Å². The highest BCUT2D eigenvalue weighted by Crippen LogP contribution is 2.26. The lowest BCUT2D eigenvalue weighted by Gasteiger charge is -2.07. The molecule has 0 saturated heterocycles. The number of benzene rings is 1. The number of amides is 1. The Morgan fingerprint density at radius 2 is 2.18 bits per heavy atom. The molecule has 1 amide bonds. The maximum atomic E-state index is 11.9. The summed E-state index contributed by atoms with van der Waals surface area (Å²) >= 11 is 10.5. The van der Waals surface area contributed by atoms with Gasteiger partial charge in [-0.25, -0.2) is 0 Å². The summed E-state index contributed by atoms with van der Waals surface area (Å²) in [7, 11) is 0. The highest BCUT2D eigenvalue weighted by atomic mass is 79.9. The first-order chi connectivity index (χ1) is 8.08. The minimum atomic E-state index is -0.251. The van der Waals surface area contributed by atoms with Crippen molar-refractivity contribution in [1.82, 2.24) is 0 Å². The number of nitrogens with one attached hydrogen (secondary N) is 1. The zero-order chi connectivity index (χ0) is 12.4. The monoisotopic (exact) mass is 330 g/mol. The molecule has 0 aliphatic carbocycles. The molecule has 1 heterocycles. The average Bonchev–Trinajstić information content (AvgIpc) is 2.68. The Morgan fingerprint density at radius 3 is 2.76 bits per heavy atom. The minimum Gasteiger partial charge on any atom is -0.397 e. The van der Waals surface area contributed by atoms with Gasteiger partial charge in [-0.2, -0.15) is 0 Å².